The molecule has 0 aromatic heterocycles. The fourth-order valence-corrected chi connectivity index (χ4v) is 3.19. The molecule has 1 aliphatic rings. The molecule has 2 aromatic carbocycles. The van der Waals surface area contributed by atoms with Crippen LogP contribution in [0.4, 0.5) is 0 Å². The molecule has 6 heteroatoms. The van der Waals surface area contributed by atoms with Gasteiger partial charge in [-0.2, -0.15) is 0 Å². The van der Waals surface area contributed by atoms with E-state index >= 15 is 0 Å². The third-order valence-electron chi connectivity index (χ3n) is 4.56. The minimum Gasteiger partial charge on any atom is -0.507 e. The van der Waals surface area contributed by atoms with Crippen molar-refractivity contribution >= 4 is 17.4 Å². The van der Waals surface area contributed by atoms with E-state index < -0.39 is 17.7 Å². The number of ether oxygens (including phenoxy) is 2. The van der Waals surface area contributed by atoms with Crippen molar-refractivity contribution < 1.29 is 24.2 Å². The van der Waals surface area contributed by atoms with E-state index in [-0.39, 0.29) is 17.9 Å². The number of carbonyl (C=O) groups excluding carboxylic acids is 2. The average Bonchev–Trinajstić information content (AvgIpc) is 2.97. The molecule has 1 heterocycles. The molecule has 0 bridgehead atoms. The molecule has 2 aromatic rings. The summed E-state index contributed by atoms with van der Waals surface area (Å²) in [5.74, 6) is -0.916. The van der Waals surface area contributed by atoms with Crippen molar-refractivity contribution in [1.82, 2.24) is 4.90 Å². The molecule has 0 radical (unpaired) electrons. The Bertz CT molecular complexity index is 858. The van der Waals surface area contributed by atoms with Gasteiger partial charge >= 0.3 is 0 Å². The highest BCUT2D eigenvalue weighted by atomic mass is 16.5. The zero-order valence-electron chi connectivity index (χ0n) is 15.2. The molecular formula is C21H21NO5. The number of amides is 1. The van der Waals surface area contributed by atoms with Crippen molar-refractivity contribution in [3.8, 4) is 5.75 Å². The van der Waals surface area contributed by atoms with E-state index in [0.29, 0.717) is 17.9 Å². The lowest BCUT2D eigenvalue weighted by molar-refractivity contribution is -0.140. The Balaban J connectivity index is 2.11. The molecule has 0 saturated carbocycles. The number of benzene rings is 2. The van der Waals surface area contributed by atoms with Gasteiger partial charge in [0.15, 0.2) is 0 Å². The van der Waals surface area contributed by atoms with Crippen LogP contribution >= 0.6 is 0 Å². The van der Waals surface area contributed by atoms with Gasteiger partial charge in [-0.1, -0.05) is 30.3 Å². The van der Waals surface area contributed by atoms with Gasteiger partial charge in [0.25, 0.3) is 11.7 Å². The number of aliphatic hydroxyl groups excluding tert-OH is 1. The van der Waals surface area contributed by atoms with Crippen LogP contribution in [-0.4, -0.2) is 49.1 Å². The second kappa shape index (κ2) is 8.05. The Morgan fingerprint density at radius 3 is 2.30 bits per heavy atom. The Hall–Kier alpha value is -3.12. The highest BCUT2D eigenvalue weighted by molar-refractivity contribution is 6.46. The fourth-order valence-electron chi connectivity index (χ4n) is 3.19. The normalized spacial score (nSPS) is 18.7. The van der Waals surface area contributed by atoms with Crippen LogP contribution in [0.15, 0.2) is 60.2 Å². The summed E-state index contributed by atoms with van der Waals surface area (Å²) in [5, 5.41) is 10.9. The van der Waals surface area contributed by atoms with Crippen LogP contribution in [0.3, 0.4) is 0 Å². The number of hydrogen-bond donors (Lipinski definition) is 1. The maximum Gasteiger partial charge on any atom is 0.295 e. The first-order valence-corrected chi connectivity index (χ1v) is 8.55. The van der Waals surface area contributed by atoms with E-state index in [1.807, 2.05) is 30.3 Å². The number of Topliss-reactive ketones (excluding diaryl/α,β-unsaturated/α-hetero) is 1. The monoisotopic (exact) mass is 367 g/mol. The summed E-state index contributed by atoms with van der Waals surface area (Å²) in [6.45, 7) is 0.541. The van der Waals surface area contributed by atoms with Gasteiger partial charge in [-0.15, -0.1) is 0 Å². The van der Waals surface area contributed by atoms with Crippen LogP contribution in [0.5, 0.6) is 5.75 Å². The molecule has 1 saturated heterocycles. The summed E-state index contributed by atoms with van der Waals surface area (Å²) in [6, 6.07) is 15.2. The predicted molar refractivity (Wildman–Crippen MR) is 100 cm³/mol. The summed E-state index contributed by atoms with van der Waals surface area (Å²) in [7, 11) is 3.08. The number of likely N-dealkylation sites (tertiary alicyclic amines) is 1. The quantitative estimate of drug-likeness (QED) is 0.483. The van der Waals surface area contributed by atoms with Gasteiger partial charge in [-0.25, -0.2) is 0 Å². The molecule has 1 N–H and O–H groups in total. The van der Waals surface area contributed by atoms with E-state index in [1.165, 1.54) is 12.0 Å². The zero-order chi connectivity index (χ0) is 19.4. The van der Waals surface area contributed by atoms with Gasteiger partial charge < -0.3 is 19.5 Å². The minimum atomic E-state index is -0.701. The van der Waals surface area contributed by atoms with E-state index in [4.69, 9.17) is 9.47 Å². The van der Waals surface area contributed by atoms with Gasteiger partial charge in [0.05, 0.1) is 25.3 Å². The summed E-state index contributed by atoms with van der Waals surface area (Å²) >= 11 is 0. The number of methoxy groups -OCH3 is 2. The molecule has 1 aliphatic heterocycles. The molecule has 27 heavy (non-hydrogen) atoms. The first kappa shape index (κ1) is 18.7. The number of hydrogen-bond acceptors (Lipinski definition) is 5. The number of carbonyl (C=O) groups is 2. The molecule has 140 valence electrons. The molecule has 0 aliphatic carbocycles. The van der Waals surface area contributed by atoms with Crippen LogP contribution in [-0.2, 0) is 14.3 Å². The molecule has 1 amide bonds. The maximum absolute atomic E-state index is 12.7. The standard InChI is InChI=1S/C21H21NO5/c1-26-13-12-22-18(14-6-4-3-5-7-14)17(20(24)21(22)25)19(23)15-8-10-16(27-2)11-9-15/h3-11,18,23H,12-13H2,1-2H3/b19-17+/t18-/m0/s1. The van der Waals surface area contributed by atoms with Crippen molar-refractivity contribution in [2.75, 3.05) is 27.4 Å². The molecule has 3 rings (SSSR count). The van der Waals surface area contributed by atoms with Crippen LogP contribution in [0, 0.1) is 0 Å². The molecule has 0 unspecified atom stereocenters. The van der Waals surface area contributed by atoms with Crippen molar-refractivity contribution in [3.63, 3.8) is 0 Å². The highest BCUT2D eigenvalue weighted by Gasteiger charge is 2.45. The number of rotatable bonds is 6. The lowest BCUT2D eigenvalue weighted by Crippen LogP contribution is -2.32. The van der Waals surface area contributed by atoms with E-state index in [1.54, 1.807) is 31.4 Å². The maximum atomic E-state index is 12.7. The Morgan fingerprint density at radius 2 is 1.70 bits per heavy atom. The van der Waals surface area contributed by atoms with E-state index in [9.17, 15) is 14.7 Å². The lowest BCUT2D eigenvalue weighted by atomic mass is 9.95. The smallest absolute Gasteiger partial charge is 0.295 e. The van der Waals surface area contributed by atoms with Crippen molar-refractivity contribution in [3.05, 3.63) is 71.3 Å². The average molecular weight is 367 g/mol. The van der Waals surface area contributed by atoms with Gasteiger partial charge in [0, 0.05) is 19.2 Å². The largest absolute Gasteiger partial charge is 0.507 e. The first-order valence-electron chi connectivity index (χ1n) is 8.55. The first-order chi connectivity index (χ1) is 13.1. The van der Waals surface area contributed by atoms with Crippen LogP contribution in [0.2, 0.25) is 0 Å². The Morgan fingerprint density at radius 1 is 1.04 bits per heavy atom. The summed E-state index contributed by atoms with van der Waals surface area (Å²) < 4.78 is 10.2. The molecule has 1 fully saturated rings. The van der Waals surface area contributed by atoms with Crippen LogP contribution < -0.4 is 4.74 Å². The van der Waals surface area contributed by atoms with E-state index in [0.717, 1.165) is 5.56 Å². The molecular weight excluding hydrogens is 346 g/mol. The topological polar surface area (TPSA) is 76.1 Å². The van der Waals surface area contributed by atoms with Crippen LogP contribution in [0.1, 0.15) is 17.2 Å². The fraction of sp³-hybridized carbons (Fsp3) is 0.238. The molecule has 1 atom stereocenters. The molecule has 0 spiro atoms. The van der Waals surface area contributed by atoms with Crippen molar-refractivity contribution in [2.45, 2.75) is 6.04 Å². The van der Waals surface area contributed by atoms with Crippen LogP contribution in [0.25, 0.3) is 5.76 Å². The number of ketones is 1. The lowest BCUT2D eigenvalue weighted by Gasteiger charge is -2.25. The third kappa shape index (κ3) is 3.57. The van der Waals surface area contributed by atoms with Gasteiger partial charge in [-0.05, 0) is 29.8 Å². The number of nitrogens with zero attached hydrogens (tertiary/aromatic N) is 1. The highest BCUT2D eigenvalue weighted by Crippen LogP contribution is 2.39. The van der Waals surface area contributed by atoms with Gasteiger partial charge in [-0.3, -0.25) is 9.59 Å². The zero-order valence-corrected chi connectivity index (χ0v) is 15.2. The Kier molecular flexibility index (Phi) is 5.57. The van der Waals surface area contributed by atoms with E-state index in [2.05, 4.69) is 0 Å². The van der Waals surface area contributed by atoms with Crippen molar-refractivity contribution in [2.24, 2.45) is 0 Å². The SMILES string of the molecule is COCCN1C(=O)C(=O)/C(=C(/O)c2ccc(OC)cc2)[C@@H]1c1ccccc1. The second-order valence-electron chi connectivity index (χ2n) is 6.12. The predicted octanol–water partition coefficient (Wildman–Crippen LogP) is 2.76. The third-order valence-corrected chi connectivity index (χ3v) is 4.56. The molecule has 6 nitrogen and oxygen atoms in total. The van der Waals surface area contributed by atoms with Gasteiger partial charge in [0.2, 0.25) is 0 Å². The summed E-state index contributed by atoms with van der Waals surface area (Å²) in [5.41, 5.74) is 1.27. The summed E-state index contributed by atoms with van der Waals surface area (Å²) in [6.07, 6.45) is 0. The number of aliphatic hydroxyl groups is 1. The summed E-state index contributed by atoms with van der Waals surface area (Å²) in [4.78, 5) is 26.8. The Labute approximate surface area is 157 Å². The van der Waals surface area contributed by atoms with Crippen molar-refractivity contribution in [1.29, 1.82) is 0 Å². The minimum absolute atomic E-state index is 0.0764. The second-order valence-corrected chi connectivity index (χ2v) is 6.12. The van der Waals surface area contributed by atoms with Gasteiger partial charge in [0.1, 0.15) is 11.5 Å².